The highest BCUT2D eigenvalue weighted by molar-refractivity contribution is 5.97. The number of hydrogen-bond acceptors (Lipinski definition) is 4. The summed E-state index contributed by atoms with van der Waals surface area (Å²) < 4.78 is 4.95. The van der Waals surface area contributed by atoms with Crippen molar-refractivity contribution in [3.63, 3.8) is 0 Å². The number of amides is 2. The summed E-state index contributed by atoms with van der Waals surface area (Å²) in [6.45, 7) is 3.29. The number of methoxy groups -OCH3 is 1. The predicted molar refractivity (Wildman–Crippen MR) is 94.2 cm³/mol. The Labute approximate surface area is 143 Å². The van der Waals surface area contributed by atoms with Crippen LogP contribution in [0.25, 0.3) is 0 Å². The van der Waals surface area contributed by atoms with Crippen LogP contribution in [0.4, 0.5) is 5.69 Å². The third-order valence-corrected chi connectivity index (χ3v) is 4.02. The second kappa shape index (κ2) is 10.1. The van der Waals surface area contributed by atoms with Gasteiger partial charge >= 0.3 is 0 Å². The first-order valence-corrected chi connectivity index (χ1v) is 8.59. The molecule has 0 atom stereocenters. The van der Waals surface area contributed by atoms with Gasteiger partial charge in [0.1, 0.15) is 0 Å². The normalized spacial score (nSPS) is 14.5. The van der Waals surface area contributed by atoms with Crippen molar-refractivity contribution >= 4 is 17.5 Å². The van der Waals surface area contributed by atoms with Crippen LogP contribution in [-0.4, -0.2) is 56.6 Å². The highest BCUT2D eigenvalue weighted by Crippen LogP contribution is 2.16. The molecule has 0 unspecified atom stereocenters. The summed E-state index contributed by atoms with van der Waals surface area (Å²) >= 11 is 0. The van der Waals surface area contributed by atoms with E-state index in [1.54, 1.807) is 31.4 Å². The van der Waals surface area contributed by atoms with Crippen molar-refractivity contribution in [1.29, 1.82) is 0 Å². The SMILES string of the molecule is COCCCNCC(=O)Nc1cccc(C(=O)N2CCCCC2)c1. The Morgan fingerprint density at radius 2 is 2.00 bits per heavy atom. The minimum absolute atomic E-state index is 0.0449. The van der Waals surface area contributed by atoms with E-state index in [1.165, 1.54) is 6.42 Å². The largest absolute Gasteiger partial charge is 0.385 e. The molecule has 1 aliphatic heterocycles. The summed E-state index contributed by atoms with van der Waals surface area (Å²) in [7, 11) is 1.66. The summed E-state index contributed by atoms with van der Waals surface area (Å²) in [4.78, 5) is 26.3. The fraction of sp³-hybridized carbons (Fsp3) is 0.556. The van der Waals surface area contributed by atoms with Crippen molar-refractivity contribution in [2.75, 3.05) is 45.2 Å². The van der Waals surface area contributed by atoms with E-state index in [1.807, 2.05) is 4.90 Å². The zero-order valence-corrected chi connectivity index (χ0v) is 14.3. The van der Waals surface area contributed by atoms with Gasteiger partial charge in [0.05, 0.1) is 6.54 Å². The van der Waals surface area contributed by atoms with Crippen LogP contribution in [-0.2, 0) is 9.53 Å². The van der Waals surface area contributed by atoms with E-state index in [2.05, 4.69) is 10.6 Å². The lowest BCUT2D eigenvalue weighted by atomic mass is 10.1. The molecular formula is C18H27N3O3. The third kappa shape index (κ3) is 5.94. The van der Waals surface area contributed by atoms with Crippen molar-refractivity contribution in [3.8, 4) is 0 Å². The van der Waals surface area contributed by atoms with Gasteiger partial charge in [-0.25, -0.2) is 0 Å². The van der Waals surface area contributed by atoms with Crippen LogP contribution in [0.5, 0.6) is 0 Å². The van der Waals surface area contributed by atoms with E-state index in [9.17, 15) is 9.59 Å². The van der Waals surface area contributed by atoms with Crippen molar-refractivity contribution in [2.24, 2.45) is 0 Å². The molecule has 2 amide bonds. The van der Waals surface area contributed by atoms with Gasteiger partial charge in [-0.1, -0.05) is 6.07 Å². The first-order valence-electron chi connectivity index (χ1n) is 8.59. The van der Waals surface area contributed by atoms with Crippen LogP contribution in [0, 0.1) is 0 Å². The first-order chi connectivity index (χ1) is 11.7. The predicted octanol–water partition coefficient (Wildman–Crippen LogP) is 1.88. The molecule has 2 N–H and O–H groups in total. The van der Waals surface area contributed by atoms with Crippen LogP contribution >= 0.6 is 0 Å². The number of carbonyl (C=O) groups excluding carboxylic acids is 2. The standard InChI is InChI=1S/C18H27N3O3/c1-24-12-6-9-19-14-17(22)20-16-8-5-7-15(13-16)18(23)21-10-3-2-4-11-21/h5,7-8,13,19H,2-4,6,9-12,14H2,1H3,(H,20,22). The van der Waals surface area contributed by atoms with Crippen molar-refractivity contribution < 1.29 is 14.3 Å². The molecule has 1 aromatic carbocycles. The fourth-order valence-corrected chi connectivity index (χ4v) is 2.76. The Kier molecular flexibility index (Phi) is 7.71. The van der Waals surface area contributed by atoms with Gasteiger partial charge in [0.2, 0.25) is 5.91 Å². The highest BCUT2D eigenvalue weighted by Gasteiger charge is 2.18. The van der Waals surface area contributed by atoms with E-state index in [-0.39, 0.29) is 18.4 Å². The highest BCUT2D eigenvalue weighted by atomic mass is 16.5. The maximum Gasteiger partial charge on any atom is 0.253 e. The smallest absolute Gasteiger partial charge is 0.253 e. The Balaban J connectivity index is 1.83. The lowest BCUT2D eigenvalue weighted by Gasteiger charge is -2.26. The van der Waals surface area contributed by atoms with Gasteiger partial charge in [0.25, 0.3) is 5.91 Å². The number of carbonyl (C=O) groups is 2. The summed E-state index contributed by atoms with van der Waals surface area (Å²) in [5.41, 5.74) is 1.28. The third-order valence-electron chi connectivity index (χ3n) is 4.02. The number of benzene rings is 1. The van der Waals surface area contributed by atoms with Gasteiger partial charge in [-0.05, 0) is 50.4 Å². The van der Waals surface area contributed by atoms with Gasteiger partial charge < -0.3 is 20.3 Å². The van der Waals surface area contributed by atoms with Crippen LogP contribution < -0.4 is 10.6 Å². The number of piperidine rings is 1. The lowest BCUT2D eigenvalue weighted by molar-refractivity contribution is -0.115. The number of anilines is 1. The molecule has 0 aromatic heterocycles. The number of nitrogens with zero attached hydrogens (tertiary/aromatic N) is 1. The Morgan fingerprint density at radius 1 is 1.21 bits per heavy atom. The molecule has 0 bridgehead atoms. The molecule has 0 saturated carbocycles. The molecule has 1 aromatic rings. The maximum atomic E-state index is 12.5. The summed E-state index contributed by atoms with van der Waals surface area (Å²) in [6, 6.07) is 7.16. The molecule has 2 rings (SSSR count). The summed E-state index contributed by atoms with van der Waals surface area (Å²) in [5.74, 6) is -0.0709. The van der Waals surface area contributed by atoms with Gasteiger partial charge in [-0.15, -0.1) is 0 Å². The molecule has 6 nitrogen and oxygen atoms in total. The average molecular weight is 333 g/mol. The van der Waals surface area contributed by atoms with Crippen molar-refractivity contribution in [3.05, 3.63) is 29.8 Å². The summed E-state index contributed by atoms with van der Waals surface area (Å²) in [6.07, 6.45) is 4.19. The molecule has 1 heterocycles. The molecule has 1 aliphatic rings. The molecule has 132 valence electrons. The van der Waals surface area contributed by atoms with Crippen LogP contribution in [0.15, 0.2) is 24.3 Å². The Morgan fingerprint density at radius 3 is 2.75 bits per heavy atom. The Hall–Kier alpha value is -1.92. The topological polar surface area (TPSA) is 70.7 Å². The molecule has 0 radical (unpaired) electrons. The monoisotopic (exact) mass is 333 g/mol. The molecule has 0 aliphatic carbocycles. The second-order valence-corrected chi connectivity index (χ2v) is 6.00. The zero-order valence-electron chi connectivity index (χ0n) is 14.3. The number of nitrogens with one attached hydrogen (secondary N) is 2. The van der Waals surface area contributed by atoms with Gasteiger partial charge in [0.15, 0.2) is 0 Å². The van der Waals surface area contributed by atoms with Gasteiger partial charge in [-0.2, -0.15) is 0 Å². The van der Waals surface area contributed by atoms with E-state index in [4.69, 9.17) is 4.74 Å². The van der Waals surface area contributed by atoms with Gasteiger partial charge in [-0.3, -0.25) is 9.59 Å². The molecular weight excluding hydrogens is 306 g/mol. The summed E-state index contributed by atoms with van der Waals surface area (Å²) in [5, 5.41) is 5.89. The van der Waals surface area contributed by atoms with Gasteiger partial charge in [0, 0.05) is 38.1 Å². The second-order valence-electron chi connectivity index (χ2n) is 6.00. The van der Waals surface area contributed by atoms with E-state index in [0.29, 0.717) is 17.9 Å². The van der Waals surface area contributed by atoms with Crippen LogP contribution in [0.1, 0.15) is 36.0 Å². The average Bonchev–Trinajstić information content (AvgIpc) is 2.62. The molecule has 0 spiro atoms. The molecule has 1 fully saturated rings. The lowest BCUT2D eigenvalue weighted by Crippen LogP contribution is -2.35. The first kappa shape index (κ1) is 18.4. The van der Waals surface area contributed by atoms with Crippen LogP contribution in [0.2, 0.25) is 0 Å². The minimum atomic E-state index is -0.116. The number of ether oxygens (including phenoxy) is 1. The van der Waals surface area contributed by atoms with Crippen LogP contribution in [0.3, 0.4) is 0 Å². The zero-order chi connectivity index (χ0) is 17.2. The molecule has 24 heavy (non-hydrogen) atoms. The van der Waals surface area contributed by atoms with Crippen molar-refractivity contribution in [1.82, 2.24) is 10.2 Å². The quantitative estimate of drug-likeness (QED) is 0.713. The Bertz CT molecular complexity index is 542. The fourth-order valence-electron chi connectivity index (χ4n) is 2.76. The van der Waals surface area contributed by atoms with E-state index >= 15 is 0 Å². The van der Waals surface area contributed by atoms with E-state index < -0.39 is 0 Å². The molecule has 1 saturated heterocycles. The van der Waals surface area contributed by atoms with Crippen molar-refractivity contribution in [2.45, 2.75) is 25.7 Å². The minimum Gasteiger partial charge on any atom is -0.385 e. The number of rotatable bonds is 8. The number of likely N-dealkylation sites (tertiary alicyclic amines) is 1. The molecule has 6 heteroatoms. The maximum absolute atomic E-state index is 12.5. The number of hydrogen-bond donors (Lipinski definition) is 2. The van der Waals surface area contributed by atoms with E-state index in [0.717, 1.165) is 38.9 Å².